The third kappa shape index (κ3) is 2.98. The van der Waals surface area contributed by atoms with E-state index in [-0.39, 0.29) is 0 Å². The Balaban J connectivity index is 2.54. The molecule has 0 aliphatic carbocycles. The predicted octanol–water partition coefficient (Wildman–Crippen LogP) is 2.30. The molecule has 0 spiro atoms. The van der Waals surface area contributed by atoms with E-state index in [1.807, 2.05) is 26.0 Å². The van der Waals surface area contributed by atoms with Crippen LogP contribution in [0.1, 0.15) is 31.0 Å². The molecule has 0 N–H and O–H groups in total. The molecule has 0 radical (unpaired) electrons. The molecular formula is C11H15NO. The van der Waals surface area contributed by atoms with Gasteiger partial charge in [-0.15, -0.1) is 0 Å². The maximum Gasteiger partial charge on any atom is 0.133 e. The van der Waals surface area contributed by atoms with Crippen molar-refractivity contribution in [3.8, 4) is 0 Å². The molecule has 1 heterocycles. The lowest BCUT2D eigenvalue weighted by Gasteiger charge is -2.02. The van der Waals surface area contributed by atoms with Crippen LogP contribution in [0.25, 0.3) is 0 Å². The maximum absolute atomic E-state index is 11.1. The van der Waals surface area contributed by atoms with Crippen LogP contribution < -0.4 is 0 Å². The second kappa shape index (κ2) is 4.75. The van der Waals surface area contributed by atoms with Crippen molar-refractivity contribution >= 4 is 5.78 Å². The normalized spacial score (nSPS) is 10.0. The smallest absolute Gasteiger partial charge is 0.133 e. The summed E-state index contributed by atoms with van der Waals surface area (Å²) < 4.78 is 0. The fourth-order valence-electron chi connectivity index (χ4n) is 1.21. The fraction of sp³-hybridized carbons (Fsp3) is 0.455. The van der Waals surface area contributed by atoms with Gasteiger partial charge in [-0.2, -0.15) is 0 Å². The van der Waals surface area contributed by atoms with E-state index in [2.05, 4.69) is 4.98 Å². The van der Waals surface area contributed by atoms with Crippen molar-refractivity contribution in [2.24, 2.45) is 0 Å². The fourth-order valence-corrected chi connectivity index (χ4v) is 1.21. The molecule has 1 rings (SSSR count). The third-order valence-corrected chi connectivity index (χ3v) is 2.15. The quantitative estimate of drug-likeness (QED) is 0.706. The molecule has 0 fully saturated rings. The van der Waals surface area contributed by atoms with Gasteiger partial charge in [0.1, 0.15) is 5.78 Å². The van der Waals surface area contributed by atoms with Crippen molar-refractivity contribution in [1.82, 2.24) is 4.98 Å². The summed E-state index contributed by atoms with van der Waals surface area (Å²) in [5.74, 6) is 0.310. The average Bonchev–Trinajstić information content (AvgIpc) is 2.16. The summed E-state index contributed by atoms with van der Waals surface area (Å²) in [6.45, 7) is 3.92. The standard InChI is InChI=1S/C11H15NO/c1-3-10(13)6-7-11-9(2)5-4-8-12-11/h4-5,8H,3,6-7H2,1-2H3. The van der Waals surface area contributed by atoms with Crippen molar-refractivity contribution in [2.45, 2.75) is 33.1 Å². The highest BCUT2D eigenvalue weighted by Gasteiger charge is 2.02. The van der Waals surface area contributed by atoms with Gasteiger partial charge in [0.2, 0.25) is 0 Å². The molecule has 1 aromatic rings. The summed E-state index contributed by atoms with van der Waals surface area (Å²) in [5, 5.41) is 0. The van der Waals surface area contributed by atoms with Crippen molar-refractivity contribution in [3.63, 3.8) is 0 Å². The number of hydrogen-bond acceptors (Lipinski definition) is 2. The lowest BCUT2D eigenvalue weighted by atomic mass is 10.1. The molecule has 0 aliphatic heterocycles. The largest absolute Gasteiger partial charge is 0.300 e. The van der Waals surface area contributed by atoms with Crippen LogP contribution in [-0.4, -0.2) is 10.8 Å². The number of carbonyl (C=O) groups excluding carboxylic acids is 1. The molecule has 0 atom stereocenters. The van der Waals surface area contributed by atoms with Crippen LogP contribution >= 0.6 is 0 Å². The number of nitrogens with zero attached hydrogens (tertiary/aromatic N) is 1. The number of ketones is 1. The van der Waals surface area contributed by atoms with Gasteiger partial charge >= 0.3 is 0 Å². The number of carbonyl (C=O) groups is 1. The van der Waals surface area contributed by atoms with Crippen LogP contribution in [0.4, 0.5) is 0 Å². The van der Waals surface area contributed by atoms with Crippen LogP contribution in [0.2, 0.25) is 0 Å². The summed E-state index contributed by atoms with van der Waals surface area (Å²) in [7, 11) is 0. The molecule has 0 saturated carbocycles. The Labute approximate surface area is 79.0 Å². The van der Waals surface area contributed by atoms with Crippen molar-refractivity contribution in [1.29, 1.82) is 0 Å². The van der Waals surface area contributed by atoms with E-state index in [0.29, 0.717) is 18.6 Å². The van der Waals surface area contributed by atoms with E-state index in [4.69, 9.17) is 0 Å². The van der Waals surface area contributed by atoms with Crippen LogP contribution in [0.3, 0.4) is 0 Å². The maximum atomic E-state index is 11.1. The molecule has 1 aromatic heterocycles. The molecule has 0 aromatic carbocycles. The number of hydrogen-bond donors (Lipinski definition) is 0. The van der Waals surface area contributed by atoms with Gasteiger partial charge in [0.25, 0.3) is 0 Å². The van der Waals surface area contributed by atoms with Crippen molar-refractivity contribution in [3.05, 3.63) is 29.6 Å². The van der Waals surface area contributed by atoms with Gasteiger partial charge in [-0.1, -0.05) is 13.0 Å². The van der Waals surface area contributed by atoms with Gasteiger partial charge in [0, 0.05) is 24.7 Å². The summed E-state index contributed by atoms with van der Waals surface area (Å²) in [5.41, 5.74) is 2.22. The highest BCUT2D eigenvalue weighted by molar-refractivity contribution is 5.78. The Morgan fingerprint density at radius 1 is 1.54 bits per heavy atom. The Bertz CT molecular complexity index is 294. The first kappa shape index (κ1) is 9.90. The Morgan fingerprint density at radius 2 is 2.31 bits per heavy atom. The van der Waals surface area contributed by atoms with E-state index in [1.165, 1.54) is 5.56 Å². The highest BCUT2D eigenvalue weighted by Crippen LogP contribution is 2.06. The number of rotatable bonds is 4. The zero-order chi connectivity index (χ0) is 9.68. The van der Waals surface area contributed by atoms with Gasteiger partial charge < -0.3 is 0 Å². The minimum Gasteiger partial charge on any atom is -0.300 e. The van der Waals surface area contributed by atoms with E-state index in [1.54, 1.807) is 6.20 Å². The van der Waals surface area contributed by atoms with Crippen LogP contribution in [-0.2, 0) is 11.2 Å². The van der Waals surface area contributed by atoms with Crippen LogP contribution in [0.5, 0.6) is 0 Å². The van der Waals surface area contributed by atoms with Crippen LogP contribution in [0, 0.1) is 6.92 Å². The Kier molecular flexibility index (Phi) is 3.62. The minimum absolute atomic E-state index is 0.310. The first-order valence-corrected chi connectivity index (χ1v) is 4.66. The lowest BCUT2D eigenvalue weighted by molar-refractivity contribution is -0.118. The molecule has 0 unspecified atom stereocenters. The molecule has 2 heteroatoms. The molecule has 13 heavy (non-hydrogen) atoms. The number of aromatic nitrogens is 1. The molecular weight excluding hydrogens is 162 g/mol. The number of Topliss-reactive ketones (excluding diaryl/α,β-unsaturated/α-hetero) is 1. The summed E-state index contributed by atoms with van der Waals surface area (Å²) >= 11 is 0. The van der Waals surface area contributed by atoms with Gasteiger partial charge in [-0.05, 0) is 25.0 Å². The first-order valence-electron chi connectivity index (χ1n) is 4.66. The molecule has 70 valence electrons. The number of aryl methyl sites for hydroxylation is 2. The van der Waals surface area contributed by atoms with Crippen LogP contribution in [0.15, 0.2) is 18.3 Å². The first-order chi connectivity index (χ1) is 6.24. The zero-order valence-corrected chi connectivity index (χ0v) is 8.21. The summed E-state index contributed by atoms with van der Waals surface area (Å²) in [6, 6.07) is 3.94. The number of pyridine rings is 1. The minimum atomic E-state index is 0.310. The molecule has 0 aliphatic rings. The Morgan fingerprint density at radius 3 is 2.92 bits per heavy atom. The SMILES string of the molecule is CCC(=O)CCc1ncccc1C. The monoisotopic (exact) mass is 177 g/mol. The Hall–Kier alpha value is -1.18. The van der Waals surface area contributed by atoms with E-state index < -0.39 is 0 Å². The van der Waals surface area contributed by atoms with E-state index in [0.717, 1.165) is 12.1 Å². The molecule has 0 bridgehead atoms. The van der Waals surface area contributed by atoms with Gasteiger partial charge in [-0.3, -0.25) is 9.78 Å². The predicted molar refractivity (Wildman–Crippen MR) is 52.6 cm³/mol. The molecule has 0 saturated heterocycles. The van der Waals surface area contributed by atoms with E-state index in [9.17, 15) is 4.79 Å². The lowest BCUT2D eigenvalue weighted by Crippen LogP contribution is -2.00. The highest BCUT2D eigenvalue weighted by atomic mass is 16.1. The summed E-state index contributed by atoms with van der Waals surface area (Å²) in [4.78, 5) is 15.3. The third-order valence-electron chi connectivity index (χ3n) is 2.15. The topological polar surface area (TPSA) is 30.0 Å². The van der Waals surface area contributed by atoms with Gasteiger partial charge in [-0.25, -0.2) is 0 Å². The zero-order valence-electron chi connectivity index (χ0n) is 8.21. The van der Waals surface area contributed by atoms with Crippen molar-refractivity contribution in [2.75, 3.05) is 0 Å². The second-order valence-corrected chi connectivity index (χ2v) is 3.16. The average molecular weight is 177 g/mol. The van der Waals surface area contributed by atoms with E-state index >= 15 is 0 Å². The molecule has 0 amide bonds. The van der Waals surface area contributed by atoms with Crippen molar-refractivity contribution < 1.29 is 4.79 Å². The van der Waals surface area contributed by atoms with Gasteiger partial charge in [0.05, 0.1) is 0 Å². The summed E-state index contributed by atoms with van der Waals surface area (Å²) in [6.07, 6.45) is 3.80. The molecule has 2 nitrogen and oxygen atoms in total. The van der Waals surface area contributed by atoms with Gasteiger partial charge in [0.15, 0.2) is 0 Å². The second-order valence-electron chi connectivity index (χ2n) is 3.16.